The Kier molecular flexibility index (Phi) is 5.53. The molecule has 0 fully saturated rings. The zero-order chi connectivity index (χ0) is 14.6. The minimum absolute atomic E-state index is 0.0892. The van der Waals surface area contributed by atoms with Crippen molar-refractivity contribution in [3.05, 3.63) is 22.3 Å². The predicted octanol–water partition coefficient (Wildman–Crippen LogP) is 1.73. The molecule has 0 aromatic carbocycles. The van der Waals surface area contributed by atoms with Gasteiger partial charge in [0.2, 0.25) is 5.91 Å². The first-order valence-electron chi connectivity index (χ1n) is 5.35. The van der Waals surface area contributed by atoms with Gasteiger partial charge in [0, 0.05) is 6.20 Å². The van der Waals surface area contributed by atoms with Crippen molar-refractivity contribution in [2.24, 2.45) is 0 Å². The predicted molar refractivity (Wildman–Crippen MR) is 72.6 cm³/mol. The van der Waals surface area contributed by atoms with Gasteiger partial charge in [0.15, 0.2) is 5.82 Å². The summed E-state index contributed by atoms with van der Waals surface area (Å²) < 4.78 is 0. The number of carboxylic acid groups (broad SMARTS) is 1. The van der Waals surface area contributed by atoms with Crippen LogP contribution >= 0.6 is 23.2 Å². The minimum atomic E-state index is -1.00. The lowest BCUT2D eigenvalue weighted by Crippen LogP contribution is -2.40. The summed E-state index contributed by atoms with van der Waals surface area (Å²) in [5.41, 5.74) is 0. The van der Waals surface area contributed by atoms with Crippen molar-refractivity contribution in [3.63, 3.8) is 0 Å². The van der Waals surface area contributed by atoms with Crippen molar-refractivity contribution in [3.8, 4) is 0 Å². The SMILES string of the molecule is CC(C(=O)O)N(C)CC(=O)Nc1ncc(Cl)cc1Cl. The van der Waals surface area contributed by atoms with E-state index >= 15 is 0 Å². The van der Waals surface area contributed by atoms with Crippen molar-refractivity contribution < 1.29 is 14.7 Å². The third-order valence-corrected chi connectivity index (χ3v) is 2.97. The zero-order valence-electron chi connectivity index (χ0n) is 10.4. The van der Waals surface area contributed by atoms with Crippen LogP contribution in [0.25, 0.3) is 0 Å². The van der Waals surface area contributed by atoms with Crippen LogP contribution in [0, 0.1) is 0 Å². The molecule has 1 aromatic rings. The van der Waals surface area contributed by atoms with Crippen molar-refractivity contribution in [1.29, 1.82) is 0 Å². The standard InChI is InChI=1S/C11H13Cl2N3O3/c1-6(11(18)19)16(2)5-9(17)15-10-8(13)3-7(12)4-14-10/h3-4,6H,5H2,1-2H3,(H,18,19)(H,14,15,17). The number of hydrogen-bond donors (Lipinski definition) is 2. The highest BCUT2D eigenvalue weighted by atomic mass is 35.5. The maximum Gasteiger partial charge on any atom is 0.320 e. The van der Waals surface area contributed by atoms with Gasteiger partial charge in [-0.1, -0.05) is 23.2 Å². The second-order valence-corrected chi connectivity index (χ2v) is 4.81. The van der Waals surface area contributed by atoms with E-state index < -0.39 is 17.9 Å². The molecule has 0 aliphatic carbocycles. The van der Waals surface area contributed by atoms with Gasteiger partial charge in [0.25, 0.3) is 0 Å². The molecule has 0 aliphatic heterocycles. The first-order valence-corrected chi connectivity index (χ1v) is 6.10. The van der Waals surface area contributed by atoms with Gasteiger partial charge in [-0.15, -0.1) is 0 Å². The summed E-state index contributed by atoms with van der Waals surface area (Å²) in [4.78, 5) is 27.7. The van der Waals surface area contributed by atoms with Gasteiger partial charge < -0.3 is 10.4 Å². The second-order valence-electron chi connectivity index (χ2n) is 3.96. The number of rotatable bonds is 5. The number of anilines is 1. The van der Waals surface area contributed by atoms with Crippen molar-refractivity contribution in [1.82, 2.24) is 9.88 Å². The lowest BCUT2D eigenvalue weighted by atomic mass is 10.3. The van der Waals surface area contributed by atoms with Gasteiger partial charge in [0.05, 0.1) is 16.6 Å². The van der Waals surface area contributed by atoms with Crippen LogP contribution in [-0.4, -0.2) is 46.5 Å². The molecular weight excluding hydrogens is 293 g/mol. The number of nitrogens with one attached hydrogen (secondary N) is 1. The lowest BCUT2D eigenvalue weighted by molar-refractivity contribution is -0.142. The van der Waals surface area contributed by atoms with E-state index in [1.54, 1.807) is 0 Å². The summed E-state index contributed by atoms with van der Waals surface area (Å²) in [5.74, 6) is -1.22. The van der Waals surface area contributed by atoms with Gasteiger partial charge in [-0.2, -0.15) is 0 Å². The molecule has 0 bridgehead atoms. The highest BCUT2D eigenvalue weighted by Gasteiger charge is 2.19. The number of carboxylic acids is 1. The third kappa shape index (κ3) is 4.66. The Balaban J connectivity index is 2.63. The molecule has 1 rings (SSSR count). The van der Waals surface area contributed by atoms with Crippen molar-refractivity contribution in [2.75, 3.05) is 18.9 Å². The first-order chi connectivity index (χ1) is 8.81. The Bertz CT molecular complexity index is 496. The summed E-state index contributed by atoms with van der Waals surface area (Å²) in [7, 11) is 1.54. The number of likely N-dealkylation sites (N-methyl/N-ethyl adjacent to an activating group) is 1. The average molecular weight is 306 g/mol. The molecule has 19 heavy (non-hydrogen) atoms. The lowest BCUT2D eigenvalue weighted by Gasteiger charge is -2.20. The smallest absolute Gasteiger partial charge is 0.320 e. The van der Waals surface area contributed by atoms with Crippen LogP contribution in [0.4, 0.5) is 5.82 Å². The molecule has 0 saturated heterocycles. The zero-order valence-corrected chi connectivity index (χ0v) is 11.9. The van der Waals surface area contributed by atoms with Crippen LogP contribution in [0.3, 0.4) is 0 Å². The summed E-state index contributed by atoms with van der Waals surface area (Å²) in [5, 5.41) is 11.9. The molecule has 0 spiro atoms. The molecule has 1 aromatic heterocycles. The Morgan fingerprint density at radius 3 is 2.68 bits per heavy atom. The van der Waals surface area contributed by atoms with Crippen molar-refractivity contribution in [2.45, 2.75) is 13.0 Å². The molecule has 2 N–H and O–H groups in total. The molecular formula is C11H13Cl2N3O3. The van der Waals surface area contributed by atoms with E-state index in [9.17, 15) is 9.59 Å². The van der Waals surface area contributed by atoms with Gasteiger partial charge in [-0.3, -0.25) is 14.5 Å². The Labute approximate surface area is 120 Å². The molecule has 1 heterocycles. The fourth-order valence-corrected chi connectivity index (χ4v) is 1.66. The van der Waals surface area contributed by atoms with Crippen LogP contribution < -0.4 is 5.32 Å². The first kappa shape index (κ1) is 15.7. The van der Waals surface area contributed by atoms with Gasteiger partial charge in [-0.25, -0.2) is 4.98 Å². The summed E-state index contributed by atoms with van der Waals surface area (Å²) in [6.45, 7) is 1.40. The summed E-state index contributed by atoms with van der Waals surface area (Å²) >= 11 is 11.5. The number of carbonyl (C=O) groups is 2. The number of nitrogens with zero attached hydrogens (tertiary/aromatic N) is 2. The maximum absolute atomic E-state index is 11.7. The number of carbonyl (C=O) groups excluding carboxylic acids is 1. The molecule has 8 heteroatoms. The van der Waals surface area contributed by atoms with E-state index in [1.165, 1.54) is 31.1 Å². The normalized spacial score (nSPS) is 12.3. The largest absolute Gasteiger partial charge is 0.480 e. The second kappa shape index (κ2) is 6.70. The highest BCUT2D eigenvalue weighted by molar-refractivity contribution is 6.36. The molecule has 0 aliphatic rings. The van der Waals surface area contributed by atoms with Crippen molar-refractivity contribution >= 4 is 40.9 Å². The summed E-state index contributed by atoms with van der Waals surface area (Å²) in [6, 6.07) is 0.689. The molecule has 6 nitrogen and oxygen atoms in total. The van der Waals surface area contributed by atoms with Gasteiger partial charge in [-0.05, 0) is 20.0 Å². The van der Waals surface area contributed by atoms with Gasteiger partial charge in [0.1, 0.15) is 6.04 Å². The minimum Gasteiger partial charge on any atom is -0.480 e. The van der Waals surface area contributed by atoms with Crippen LogP contribution in [0.5, 0.6) is 0 Å². The van der Waals surface area contributed by atoms with E-state index in [2.05, 4.69) is 10.3 Å². The fraction of sp³-hybridized carbons (Fsp3) is 0.364. The van der Waals surface area contributed by atoms with Crippen LogP contribution in [0.15, 0.2) is 12.3 Å². The van der Waals surface area contributed by atoms with Gasteiger partial charge >= 0.3 is 5.97 Å². The fourth-order valence-electron chi connectivity index (χ4n) is 1.23. The number of hydrogen-bond acceptors (Lipinski definition) is 4. The third-order valence-electron chi connectivity index (χ3n) is 2.48. The number of amides is 1. The quantitative estimate of drug-likeness (QED) is 0.865. The van der Waals surface area contributed by atoms with E-state index in [0.29, 0.717) is 5.02 Å². The number of pyridine rings is 1. The Morgan fingerprint density at radius 2 is 2.16 bits per heavy atom. The van der Waals surface area contributed by atoms with E-state index in [1.807, 2.05) is 0 Å². The van der Waals surface area contributed by atoms with E-state index in [0.717, 1.165) is 0 Å². The van der Waals surface area contributed by atoms with E-state index in [-0.39, 0.29) is 17.4 Å². The van der Waals surface area contributed by atoms with Crippen LogP contribution in [0.2, 0.25) is 10.0 Å². The molecule has 0 saturated carbocycles. The number of halogens is 2. The Morgan fingerprint density at radius 1 is 1.53 bits per heavy atom. The monoisotopic (exact) mass is 305 g/mol. The molecule has 1 unspecified atom stereocenters. The van der Waals surface area contributed by atoms with E-state index in [4.69, 9.17) is 28.3 Å². The average Bonchev–Trinajstić information content (AvgIpc) is 2.31. The number of aromatic nitrogens is 1. The van der Waals surface area contributed by atoms with Crippen LogP contribution in [0.1, 0.15) is 6.92 Å². The Hall–Kier alpha value is -1.37. The topological polar surface area (TPSA) is 82.5 Å². The molecule has 1 amide bonds. The highest BCUT2D eigenvalue weighted by Crippen LogP contribution is 2.22. The maximum atomic E-state index is 11.7. The molecule has 104 valence electrons. The van der Waals surface area contributed by atoms with Crippen LogP contribution in [-0.2, 0) is 9.59 Å². The molecule has 1 atom stereocenters. The summed E-state index contributed by atoms with van der Waals surface area (Å²) in [6.07, 6.45) is 1.35. The molecule has 0 radical (unpaired) electrons. The number of aliphatic carboxylic acids is 1.